The van der Waals surface area contributed by atoms with Gasteiger partial charge >= 0.3 is 0 Å². The Bertz CT molecular complexity index is 579. The van der Waals surface area contributed by atoms with Crippen LogP contribution < -0.4 is 9.64 Å². The fourth-order valence-corrected chi connectivity index (χ4v) is 1.55. The van der Waals surface area contributed by atoms with Gasteiger partial charge in [0.25, 0.3) is 0 Å². The van der Waals surface area contributed by atoms with Gasteiger partial charge in [0, 0.05) is 19.7 Å². The van der Waals surface area contributed by atoms with E-state index in [2.05, 4.69) is 4.98 Å². The highest BCUT2D eigenvalue weighted by atomic mass is 16.5. The van der Waals surface area contributed by atoms with Crippen molar-refractivity contribution in [2.45, 2.75) is 0 Å². The molecule has 0 atom stereocenters. The molecule has 0 radical (unpaired) electrons. The standard InChI is InChI=1S/C13H13N3O2/c1-16(2)13-11(8-14)15-12(18-13)9-4-6-10(17-3)7-5-9/h4-7H,1-3H3. The number of nitriles is 1. The normalized spacial score (nSPS) is 9.89. The van der Waals surface area contributed by atoms with Crippen molar-refractivity contribution in [1.29, 1.82) is 5.26 Å². The SMILES string of the molecule is COc1ccc(-c2nc(C#N)c(N(C)C)o2)cc1. The Morgan fingerprint density at radius 2 is 1.94 bits per heavy atom. The topological polar surface area (TPSA) is 62.3 Å². The molecule has 18 heavy (non-hydrogen) atoms. The van der Waals surface area contributed by atoms with E-state index in [9.17, 15) is 0 Å². The number of benzene rings is 1. The van der Waals surface area contributed by atoms with Gasteiger partial charge in [-0.25, -0.2) is 0 Å². The number of anilines is 1. The molecule has 1 aromatic heterocycles. The Labute approximate surface area is 105 Å². The van der Waals surface area contributed by atoms with E-state index in [1.165, 1.54) is 0 Å². The summed E-state index contributed by atoms with van der Waals surface area (Å²) >= 11 is 0. The largest absolute Gasteiger partial charge is 0.497 e. The van der Waals surface area contributed by atoms with E-state index >= 15 is 0 Å². The Morgan fingerprint density at radius 3 is 2.39 bits per heavy atom. The average Bonchev–Trinajstić information content (AvgIpc) is 2.83. The highest BCUT2D eigenvalue weighted by Crippen LogP contribution is 2.27. The van der Waals surface area contributed by atoms with Gasteiger partial charge in [-0.2, -0.15) is 10.2 Å². The fourth-order valence-electron chi connectivity index (χ4n) is 1.55. The zero-order chi connectivity index (χ0) is 13.1. The third-order valence-corrected chi connectivity index (χ3v) is 2.46. The van der Waals surface area contributed by atoms with Crippen LogP contribution in [-0.2, 0) is 0 Å². The van der Waals surface area contributed by atoms with Crippen molar-refractivity contribution >= 4 is 5.88 Å². The van der Waals surface area contributed by atoms with Gasteiger partial charge in [-0.1, -0.05) is 0 Å². The van der Waals surface area contributed by atoms with Crippen molar-refractivity contribution < 1.29 is 9.15 Å². The molecule has 0 N–H and O–H groups in total. The summed E-state index contributed by atoms with van der Waals surface area (Å²) in [7, 11) is 5.22. The molecule has 0 saturated carbocycles. The Morgan fingerprint density at radius 1 is 1.28 bits per heavy atom. The van der Waals surface area contributed by atoms with Gasteiger partial charge in [-0.15, -0.1) is 0 Å². The first kappa shape index (κ1) is 12.0. The summed E-state index contributed by atoms with van der Waals surface area (Å²) in [4.78, 5) is 5.89. The monoisotopic (exact) mass is 243 g/mol. The molecule has 0 aliphatic rings. The third kappa shape index (κ3) is 2.13. The van der Waals surface area contributed by atoms with Crippen molar-refractivity contribution in [3.8, 4) is 23.3 Å². The number of hydrogen-bond acceptors (Lipinski definition) is 5. The number of rotatable bonds is 3. The minimum absolute atomic E-state index is 0.283. The van der Waals surface area contributed by atoms with Crippen LogP contribution in [0.5, 0.6) is 5.75 Å². The van der Waals surface area contributed by atoms with Crippen molar-refractivity contribution in [3.05, 3.63) is 30.0 Å². The summed E-state index contributed by atoms with van der Waals surface area (Å²) < 4.78 is 10.7. The van der Waals surface area contributed by atoms with Crippen LogP contribution >= 0.6 is 0 Å². The highest BCUT2D eigenvalue weighted by Gasteiger charge is 2.15. The van der Waals surface area contributed by atoms with E-state index in [0.717, 1.165) is 11.3 Å². The molecule has 92 valence electrons. The first-order chi connectivity index (χ1) is 8.65. The minimum Gasteiger partial charge on any atom is -0.497 e. The molecule has 0 saturated heterocycles. The number of aromatic nitrogens is 1. The molecule has 5 heteroatoms. The smallest absolute Gasteiger partial charge is 0.234 e. The lowest BCUT2D eigenvalue weighted by atomic mass is 10.2. The van der Waals surface area contributed by atoms with E-state index in [4.69, 9.17) is 14.4 Å². The van der Waals surface area contributed by atoms with Crippen LogP contribution in [0.3, 0.4) is 0 Å². The molecule has 1 aromatic carbocycles. The van der Waals surface area contributed by atoms with E-state index in [0.29, 0.717) is 11.8 Å². The minimum atomic E-state index is 0.283. The van der Waals surface area contributed by atoms with Gasteiger partial charge < -0.3 is 14.1 Å². The number of nitrogens with zero attached hydrogens (tertiary/aromatic N) is 3. The Hall–Kier alpha value is -2.48. The van der Waals surface area contributed by atoms with Gasteiger partial charge in [0.05, 0.1) is 7.11 Å². The molecule has 1 heterocycles. The molecule has 0 bridgehead atoms. The van der Waals surface area contributed by atoms with E-state index in [1.807, 2.05) is 30.3 Å². The van der Waals surface area contributed by atoms with Crippen molar-refractivity contribution in [3.63, 3.8) is 0 Å². The van der Waals surface area contributed by atoms with Gasteiger partial charge in [0.2, 0.25) is 17.5 Å². The lowest BCUT2D eigenvalue weighted by Crippen LogP contribution is -2.08. The highest BCUT2D eigenvalue weighted by molar-refractivity contribution is 5.59. The average molecular weight is 243 g/mol. The second-order valence-electron chi connectivity index (χ2n) is 3.91. The van der Waals surface area contributed by atoms with Gasteiger partial charge in [0.1, 0.15) is 11.8 Å². The molecule has 0 aliphatic carbocycles. The fraction of sp³-hybridized carbons (Fsp3) is 0.231. The summed E-state index contributed by atoms with van der Waals surface area (Å²) in [5.74, 6) is 1.65. The summed E-state index contributed by atoms with van der Waals surface area (Å²) in [5.41, 5.74) is 1.09. The molecule has 2 aromatic rings. The maximum absolute atomic E-state index is 8.99. The molecular formula is C13H13N3O2. The molecule has 0 fully saturated rings. The van der Waals surface area contributed by atoms with Crippen molar-refractivity contribution in [2.24, 2.45) is 0 Å². The van der Waals surface area contributed by atoms with Crippen LogP contribution in [0, 0.1) is 11.3 Å². The summed E-state index contributed by atoms with van der Waals surface area (Å²) in [5, 5.41) is 8.99. The molecule has 2 rings (SSSR count). The van der Waals surface area contributed by atoms with Crippen LogP contribution in [0.15, 0.2) is 28.7 Å². The van der Waals surface area contributed by atoms with Crippen molar-refractivity contribution in [1.82, 2.24) is 4.98 Å². The van der Waals surface area contributed by atoms with Crippen molar-refractivity contribution in [2.75, 3.05) is 26.1 Å². The Balaban J connectivity index is 2.41. The maximum Gasteiger partial charge on any atom is 0.234 e. The molecule has 0 amide bonds. The van der Waals surface area contributed by atoms with Crippen LogP contribution in [0.1, 0.15) is 5.69 Å². The number of methoxy groups -OCH3 is 1. The van der Waals surface area contributed by atoms with Gasteiger partial charge in [-0.3, -0.25) is 0 Å². The summed E-state index contributed by atoms with van der Waals surface area (Å²) in [6, 6.07) is 9.34. The van der Waals surface area contributed by atoms with Crippen LogP contribution in [0.25, 0.3) is 11.5 Å². The maximum atomic E-state index is 8.99. The molecule has 0 aliphatic heterocycles. The number of hydrogen-bond donors (Lipinski definition) is 0. The number of oxazole rings is 1. The van der Waals surface area contributed by atoms with E-state index < -0.39 is 0 Å². The quantitative estimate of drug-likeness (QED) is 0.827. The van der Waals surface area contributed by atoms with Crippen LogP contribution in [0.4, 0.5) is 5.88 Å². The zero-order valence-corrected chi connectivity index (χ0v) is 10.5. The predicted molar refractivity (Wildman–Crippen MR) is 67.5 cm³/mol. The van der Waals surface area contributed by atoms with Crippen LogP contribution in [-0.4, -0.2) is 26.2 Å². The van der Waals surface area contributed by atoms with E-state index in [1.54, 1.807) is 26.1 Å². The van der Waals surface area contributed by atoms with Gasteiger partial charge in [-0.05, 0) is 24.3 Å². The van der Waals surface area contributed by atoms with Gasteiger partial charge in [0.15, 0.2) is 0 Å². The lowest BCUT2D eigenvalue weighted by Gasteiger charge is -2.06. The summed E-state index contributed by atoms with van der Waals surface area (Å²) in [6.45, 7) is 0. The first-order valence-electron chi connectivity index (χ1n) is 5.38. The summed E-state index contributed by atoms with van der Waals surface area (Å²) in [6.07, 6.45) is 0. The third-order valence-electron chi connectivity index (χ3n) is 2.46. The Kier molecular flexibility index (Phi) is 3.20. The zero-order valence-electron chi connectivity index (χ0n) is 10.5. The molecular weight excluding hydrogens is 230 g/mol. The molecule has 5 nitrogen and oxygen atoms in total. The second-order valence-corrected chi connectivity index (χ2v) is 3.91. The predicted octanol–water partition coefficient (Wildman–Crippen LogP) is 2.29. The lowest BCUT2D eigenvalue weighted by molar-refractivity contribution is 0.415. The number of ether oxygens (including phenoxy) is 1. The second kappa shape index (κ2) is 4.80. The first-order valence-corrected chi connectivity index (χ1v) is 5.38. The molecule has 0 unspecified atom stereocenters. The molecule has 0 spiro atoms. The van der Waals surface area contributed by atoms with E-state index in [-0.39, 0.29) is 5.69 Å². The van der Waals surface area contributed by atoms with Crippen LogP contribution in [0.2, 0.25) is 0 Å².